The average Bonchev–Trinajstić information content (AvgIpc) is 2.17. The van der Waals surface area contributed by atoms with Crippen molar-refractivity contribution >= 4 is 5.88 Å². The molecule has 3 nitrogen and oxygen atoms in total. The summed E-state index contributed by atoms with van der Waals surface area (Å²) in [7, 11) is 0. The minimum Gasteiger partial charge on any atom is -0.368 e. The first kappa shape index (κ1) is 6.13. The molecule has 0 amide bonds. The molecule has 1 aromatic rings. The lowest BCUT2D eigenvalue weighted by Crippen LogP contribution is -1.80. The van der Waals surface area contributed by atoms with Gasteiger partial charge in [0.15, 0.2) is 0 Å². The molecule has 0 spiro atoms. The summed E-state index contributed by atoms with van der Waals surface area (Å²) in [5.41, 5.74) is 6.22. The summed E-state index contributed by atoms with van der Waals surface area (Å²) in [6.07, 6.45) is 2.02. The molecule has 0 aromatic carbocycles. The molecular weight excluding hydrogens is 116 g/mol. The van der Waals surface area contributed by atoms with Gasteiger partial charge in [-0.3, -0.25) is 0 Å². The topological polar surface area (TPSA) is 52.0 Å². The van der Waals surface area contributed by atoms with Gasteiger partial charge in [0.2, 0.25) is 5.88 Å². The van der Waals surface area contributed by atoms with Crippen molar-refractivity contribution in [2.75, 3.05) is 5.73 Å². The number of nitrogens with zero attached hydrogens (tertiary/aromatic N) is 1. The lowest BCUT2D eigenvalue weighted by atomic mass is 10.2. The van der Waals surface area contributed by atoms with Crippen LogP contribution in [0.2, 0.25) is 0 Å². The third kappa shape index (κ3) is 1.45. The van der Waals surface area contributed by atoms with E-state index in [0.717, 1.165) is 18.5 Å². The molecule has 9 heavy (non-hydrogen) atoms. The molecule has 0 radical (unpaired) electrons. The summed E-state index contributed by atoms with van der Waals surface area (Å²) in [6, 6.07) is 1.75. The van der Waals surface area contributed by atoms with Gasteiger partial charge in [0, 0.05) is 6.07 Å². The molecular formula is C6H10N2O. The normalized spacial score (nSPS) is 9.89. The van der Waals surface area contributed by atoms with Gasteiger partial charge in [-0.2, -0.15) is 0 Å². The molecule has 1 aromatic heterocycles. The molecule has 1 heterocycles. The zero-order chi connectivity index (χ0) is 6.69. The predicted molar refractivity (Wildman–Crippen MR) is 34.9 cm³/mol. The van der Waals surface area contributed by atoms with Gasteiger partial charge in [-0.05, 0) is 6.42 Å². The van der Waals surface area contributed by atoms with Crippen LogP contribution >= 0.6 is 0 Å². The van der Waals surface area contributed by atoms with E-state index in [4.69, 9.17) is 5.73 Å². The zero-order valence-electron chi connectivity index (χ0n) is 5.42. The van der Waals surface area contributed by atoms with E-state index in [-0.39, 0.29) is 0 Å². The molecule has 0 aliphatic carbocycles. The van der Waals surface area contributed by atoms with Crippen LogP contribution in [-0.2, 0) is 6.42 Å². The maximum atomic E-state index is 5.28. The second kappa shape index (κ2) is 2.53. The molecule has 0 aliphatic rings. The highest BCUT2D eigenvalue weighted by Crippen LogP contribution is 2.05. The van der Waals surface area contributed by atoms with Crippen LogP contribution in [0.4, 0.5) is 5.88 Å². The summed E-state index contributed by atoms with van der Waals surface area (Å²) in [5, 5.41) is 3.71. The molecule has 0 saturated carbocycles. The van der Waals surface area contributed by atoms with Gasteiger partial charge >= 0.3 is 0 Å². The van der Waals surface area contributed by atoms with E-state index < -0.39 is 0 Å². The van der Waals surface area contributed by atoms with E-state index in [1.54, 1.807) is 6.07 Å². The number of hydrogen-bond donors (Lipinski definition) is 1. The maximum Gasteiger partial charge on any atom is 0.222 e. The van der Waals surface area contributed by atoms with Gasteiger partial charge in [0.25, 0.3) is 0 Å². The van der Waals surface area contributed by atoms with E-state index >= 15 is 0 Å². The van der Waals surface area contributed by atoms with Crippen LogP contribution < -0.4 is 5.73 Å². The Morgan fingerprint density at radius 2 is 2.56 bits per heavy atom. The van der Waals surface area contributed by atoms with E-state index in [9.17, 15) is 0 Å². The Hall–Kier alpha value is -0.990. The maximum absolute atomic E-state index is 5.28. The Kier molecular flexibility index (Phi) is 1.72. The SMILES string of the molecule is CCCc1cc(N)on1. The number of rotatable bonds is 2. The van der Waals surface area contributed by atoms with Crippen molar-refractivity contribution in [3.8, 4) is 0 Å². The number of nitrogens with two attached hydrogens (primary N) is 1. The van der Waals surface area contributed by atoms with Gasteiger partial charge in [0.1, 0.15) is 0 Å². The predicted octanol–water partition coefficient (Wildman–Crippen LogP) is 1.21. The monoisotopic (exact) mass is 126 g/mol. The number of hydrogen-bond acceptors (Lipinski definition) is 3. The fourth-order valence-corrected chi connectivity index (χ4v) is 0.702. The molecule has 1 rings (SSSR count). The van der Waals surface area contributed by atoms with Crippen molar-refractivity contribution in [2.24, 2.45) is 0 Å². The lowest BCUT2D eigenvalue weighted by molar-refractivity contribution is 0.427. The van der Waals surface area contributed by atoms with Crippen molar-refractivity contribution in [3.05, 3.63) is 11.8 Å². The molecule has 3 heteroatoms. The van der Waals surface area contributed by atoms with Gasteiger partial charge in [0.05, 0.1) is 5.69 Å². The summed E-state index contributed by atoms with van der Waals surface area (Å²) < 4.78 is 4.64. The third-order valence-electron chi connectivity index (χ3n) is 1.08. The quantitative estimate of drug-likeness (QED) is 0.648. The first-order valence-electron chi connectivity index (χ1n) is 3.04. The molecule has 0 unspecified atom stereocenters. The van der Waals surface area contributed by atoms with Crippen LogP contribution in [0.15, 0.2) is 10.6 Å². The summed E-state index contributed by atoms with van der Waals surface area (Å²) >= 11 is 0. The van der Waals surface area contributed by atoms with Gasteiger partial charge < -0.3 is 10.3 Å². The summed E-state index contributed by atoms with van der Waals surface area (Å²) in [5.74, 6) is 0.401. The van der Waals surface area contributed by atoms with Gasteiger partial charge in [-0.25, -0.2) is 0 Å². The first-order valence-corrected chi connectivity index (χ1v) is 3.04. The Morgan fingerprint density at radius 3 is 3.00 bits per heavy atom. The van der Waals surface area contributed by atoms with Crippen LogP contribution in [0, 0.1) is 0 Å². The molecule has 2 N–H and O–H groups in total. The second-order valence-electron chi connectivity index (χ2n) is 1.97. The molecule has 0 fully saturated rings. The largest absolute Gasteiger partial charge is 0.368 e. The summed E-state index contributed by atoms with van der Waals surface area (Å²) in [4.78, 5) is 0. The number of aryl methyl sites for hydroxylation is 1. The fourth-order valence-electron chi connectivity index (χ4n) is 0.702. The minimum atomic E-state index is 0.401. The minimum absolute atomic E-state index is 0.401. The van der Waals surface area contributed by atoms with E-state index in [2.05, 4.69) is 16.6 Å². The summed E-state index contributed by atoms with van der Waals surface area (Å²) in [6.45, 7) is 2.09. The zero-order valence-corrected chi connectivity index (χ0v) is 5.42. The van der Waals surface area contributed by atoms with Crippen LogP contribution in [-0.4, -0.2) is 5.16 Å². The van der Waals surface area contributed by atoms with Crippen LogP contribution in [0.3, 0.4) is 0 Å². The number of anilines is 1. The van der Waals surface area contributed by atoms with Crippen molar-refractivity contribution in [1.82, 2.24) is 5.16 Å². The number of aromatic nitrogens is 1. The highest BCUT2D eigenvalue weighted by Gasteiger charge is 1.96. The van der Waals surface area contributed by atoms with Crippen molar-refractivity contribution in [1.29, 1.82) is 0 Å². The Bertz CT molecular complexity index is 183. The smallest absolute Gasteiger partial charge is 0.222 e. The fraction of sp³-hybridized carbons (Fsp3) is 0.500. The Balaban J connectivity index is 2.61. The van der Waals surface area contributed by atoms with Crippen molar-refractivity contribution in [3.63, 3.8) is 0 Å². The highest BCUT2D eigenvalue weighted by molar-refractivity contribution is 5.24. The van der Waals surface area contributed by atoms with Gasteiger partial charge in [-0.1, -0.05) is 18.5 Å². The molecule has 0 atom stereocenters. The first-order chi connectivity index (χ1) is 4.33. The Morgan fingerprint density at radius 1 is 1.78 bits per heavy atom. The van der Waals surface area contributed by atoms with Crippen LogP contribution in [0.1, 0.15) is 19.0 Å². The Labute approximate surface area is 53.8 Å². The molecule has 0 saturated heterocycles. The highest BCUT2D eigenvalue weighted by atomic mass is 16.5. The van der Waals surface area contributed by atoms with Gasteiger partial charge in [-0.15, -0.1) is 0 Å². The second-order valence-corrected chi connectivity index (χ2v) is 1.97. The lowest BCUT2D eigenvalue weighted by Gasteiger charge is -1.82. The third-order valence-corrected chi connectivity index (χ3v) is 1.08. The van der Waals surface area contributed by atoms with Crippen molar-refractivity contribution < 1.29 is 4.52 Å². The van der Waals surface area contributed by atoms with E-state index in [1.807, 2.05) is 0 Å². The van der Waals surface area contributed by atoms with E-state index in [0.29, 0.717) is 5.88 Å². The number of nitrogen functional groups attached to an aromatic ring is 1. The van der Waals surface area contributed by atoms with Crippen LogP contribution in [0.5, 0.6) is 0 Å². The van der Waals surface area contributed by atoms with Crippen molar-refractivity contribution in [2.45, 2.75) is 19.8 Å². The standard InChI is InChI=1S/C6H10N2O/c1-2-3-5-4-6(7)9-8-5/h4H,2-3,7H2,1H3. The molecule has 0 aliphatic heterocycles. The molecule has 50 valence electrons. The van der Waals surface area contributed by atoms with Crippen LogP contribution in [0.25, 0.3) is 0 Å². The molecule has 0 bridgehead atoms. The van der Waals surface area contributed by atoms with E-state index in [1.165, 1.54) is 0 Å². The average molecular weight is 126 g/mol.